The second-order valence-corrected chi connectivity index (χ2v) is 5.35. The Balaban J connectivity index is 1.86. The van der Waals surface area contributed by atoms with E-state index in [1.807, 2.05) is 30.3 Å². The van der Waals surface area contributed by atoms with Gasteiger partial charge in [-0.2, -0.15) is 0 Å². The first-order valence-corrected chi connectivity index (χ1v) is 7.39. The molecule has 2 aromatic carbocycles. The molecule has 4 nitrogen and oxygen atoms in total. The number of carboxylic acid groups (broad SMARTS) is 1. The number of rotatable bonds is 6. The molecule has 0 saturated heterocycles. The van der Waals surface area contributed by atoms with Gasteiger partial charge in [0.05, 0.1) is 11.7 Å². The molecule has 0 aliphatic carbocycles. The molecule has 108 valence electrons. The molecule has 0 bridgehead atoms. The summed E-state index contributed by atoms with van der Waals surface area (Å²) in [6.45, 7) is 0.461. The fourth-order valence-electron chi connectivity index (χ4n) is 1.75. The quantitative estimate of drug-likeness (QED) is 0.820. The van der Waals surface area contributed by atoms with Crippen LogP contribution < -0.4 is 10.4 Å². The minimum atomic E-state index is -1.23. The highest BCUT2D eigenvalue weighted by atomic mass is 32.2. The van der Waals surface area contributed by atoms with Crippen molar-refractivity contribution in [2.75, 3.05) is 5.75 Å². The Bertz CT molecular complexity index is 628. The average molecular weight is 300 g/mol. The number of carbonyl (C=O) groups is 2. The van der Waals surface area contributed by atoms with Crippen LogP contribution in [0.1, 0.15) is 15.9 Å². The van der Waals surface area contributed by atoms with E-state index in [4.69, 9.17) is 0 Å². The van der Waals surface area contributed by atoms with Gasteiger partial charge in [-0.1, -0.05) is 48.5 Å². The van der Waals surface area contributed by atoms with Gasteiger partial charge in [0.25, 0.3) is 0 Å². The standard InChI is InChI=1S/C16H15NO3S/c18-15(17-10-12-6-2-1-3-7-12)11-21-14-9-5-4-8-13(14)16(19)20/h1-9H,10-11H2,(H,17,18)(H,19,20)/p-1. The van der Waals surface area contributed by atoms with Crippen molar-refractivity contribution < 1.29 is 14.7 Å². The van der Waals surface area contributed by atoms with Crippen LogP contribution in [0, 0.1) is 0 Å². The number of amides is 1. The molecule has 1 amide bonds. The van der Waals surface area contributed by atoms with Crippen LogP contribution in [-0.4, -0.2) is 17.6 Å². The Hall–Kier alpha value is -2.27. The molecule has 0 fully saturated rings. The molecular formula is C16H14NO3S-. The Kier molecular flexibility index (Phi) is 5.40. The van der Waals surface area contributed by atoms with Crippen molar-refractivity contribution in [3.05, 3.63) is 65.7 Å². The summed E-state index contributed by atoms with van der Waals surface area (Å²) < 4.78 is 0. The van der Waals surface area contributed by atoms with Crippen molar-refractivity contribution in [1.29, 1.82) is 0 Å². The number of carbonyl (C=O) groups excluding carboxylic acids is 2. The third-order valence-electron chi connectivity index (χ3n) is 2.80. The molecule has 2 aromatic rings. The van der Waals surface area contributed by atoms with Gasteiger partial charge < -0.3 is 15.2 Å². The van der Waals surface area contributed by atoms with E-state index in [1.54, 1.807) is 18.2 Å². The summed E-state index contributed by atoms with van der Waals surface area (Å²) in [6.07, 6.45) is 0. The van der Waals surface area contributed by atoms with E-state index in [9.17, 15) is 14.7 Å². The fourth-order valence-corrected chi connectivity index (χ4v) is 2.62. The molecule has 21 heavy (non-hydrogen) atoms. The van der Waals surface area contributed by atoms with E-state index in [2.05, 4.69) is 5.32 Å². The van der Waals surface area contributed by atoms with Gasteiger partial charge in [0.1, 0.15) is 0 Å². The molecule has 0 spiro atoms. The van der Waals surface area contributed by atoms with Crippen molar-refractivity contribution in [3.8, 4) is 0 Å². The minimum Gasteiger partial charge on any atom is -0.545 e. The van der Waals surface area contributed by atoms with Crippen molar-refractivity contribution >= 4 is 23.6 Å². The Labute approximate surface area is 127 Å². The summed E-state index contributed by atoms with van der Waals surface area (Å²) in [5.74, 6) is -1.21. The first kappa shape index (κ1) is 15.1. The number of carboxylic acids is 1. The Morgan fingerprint density at radius 2 is 1.67 bits per heavy atom. The maximum atomic E-state index is 11.8. The van der Waals surface area contributed by atoms with Gasteiger partial charge in [0.15, 0.2) is 0 Å². The van der Waals surface area contributed by atoms with Gasteiger partial charge in [-0.05, 0) is 11.6 Å². The summed E-state index contributed by atoms with van der Waals surface area (Å²) in [7, 11) is 0. The molecule has 0 saturated carbocycles. The summed E-state index contributed by atoms with van der Waals surface area (Å²) >= 11 is 1.19. The number of hydrogen-bond acceptors (Lipinski definition) is 4. The summed E-state index contributed by atoms with van der Waals surface area (Å²) in [4.78, 5) is 23.3. The Morgan fingerprint density at radius 1 is 1.00 bits per heavy atom. The van der Waals surface area contributed by atoms with Crippen molar-refractivity contribution in [2.24, 2.45) is 0 Å². The lowest BCUT2D eigenvalue weighted by Gasteiger charge is -2.10. The molecule has 0 aliphatic heterocycles. The second kappa shape index (κ2) is 7.50. The van der Waals surface area contributed by atoms with Gasteiger partial charge >= 0.3 is 0 Å². The zero-order valence-electron chi connectivity index (χ0n) is 11.2. The molecule has 0 atom stereocenters. The largest absolute Gasteiger partial charge is 0.545 e. The van der Waals surface area contributed by atoms with Crippen LogP contribution in [0.5, 0.6) is 0 Å². The number of hydrogen-bond donors (Lipinski definition) is 1. The highest BCUT2D eigenvalue weighted by Gasteiger charge is 2.07. The molecule has 0 heterocycles. The van der Waals surface area contributed by atoms with Crippen LogP contribution in [0.25, 0.3) is 0 Å². The van der Waals surface area contributed by atoms with E-state index in [1.165, 1.54) is 17.8 Å². The normalized spacial score (nSPS) is 10.1. The maximum absolute atomic E-state index is 11.8. The molecule has 0 aromatic heterocycles. The lowest BCUT2D eigenvalue weighted by molar-refractivity contribution is -0.255. The van der Waals surface area contributed by atoms with Gasteiger partial charge in [-0.15, -0.1) is 11.8 Å². The first-order chi connectivity index (χ1) is 10.2. The van der Waals surface area contributed by atoms with Crippen molar-refractivity contribution in [1.82, 2.24) is 5.32 Å². The van der Waals surface area contributed by atoms with Crippen LogP contribution in [0.2, 0.25) is 0 Å². The maximum Gasteiger partial charge on any atom is 0.230 e. The van der Waals surface area contributed by atoms with Gasteiger partial charge in [0, 0.05) is 17.0 Å². The Morgan fingerprint density at radius 3 is 2.38 bits per heavy atom. The summed E-state index contributed by atoms with van der Waals surface area (Å²) in [5, 5.41) is 13.7. The molecule has 0 unspecified atom stereocenters. The van der Waals surface area contributed by atoms with Crippen LogP contribution in [-0.2, 0) is 11.3 Å². The summed E-state index contributed by atoms with van der Waals surface area (Å²) in [5.41, 5.74) is 1.13. The molecule has 1 N–H and O–H groups in total. The van der Waals surface area contributed by atoms with E-state index >= 15 is 0 Å². The first-order valence-electron chi connectivity index (χ1n) is 6.40. The zero-order valence-corrected chi connectivity index (χ0v) is 12.1. The number of benzene rings is 2. The van der Waals surface area contributed by atoms with Gasteiger partial charge in [0.2, 0.25) is 5.91 Å². The van der Waals surface area contributed by atoms with Crippen LogP contribution >= 0.6 is 11.8 Å². The van der Waals surface area contributed by atoms with Crippen molar-refractivity contribution in [2.45, 2.75) is 11.4 Å². The number of nitrogens with one attached hydrogen (secondary N) is 1. The predicted molar refractivity (Wildman–Crippen MR) is 79.8 cm³/mol. The molecular weight excluding hydrogens is 286 g/mol. The van der Waals surface area contributed by atoms with Gasteiger partial charge in [-0.3, -0.25) is 4.79 Å². The highest BCUT2D eigenvalue weighted by Crippen LogP contribution is 2.21. The summed E-state index contributed by atoms with van der Waals surface area (Å²) in [6, 6.07) is 16.1. The molecule has 2 rings (SSSR count). The lowest BCUT2D eigenvalue weighted by Crippen LogP contribution is -2.25. The molecule has 0 aliphatic rings. The average Bonchev–Trinajstić information content (AvgIpc) is 2.52. The number of thioether (sulfide) groups is 1. The molecule has 0 radical (unpaired) electrons. The SMILES string of the molecule is O=C(CSc1ccccc1C(=O)[O-])NCc1ccccc1. The van der Waals surface area contributed by atoms with Gasteiger partial charge in [-0.25, -0.2) is 0 Å². The third kappa shape index (κ3) is 4.65. The van der Waals surface area contributed by atoms with Crippen LogP contribution in [0.4, 0.5) is 0 Å². The molecule has 5 heteroatoms. The number of aromatic carboxylic acids is 1. The van der Waals surface area contributed by atoms with E-state index in [0.717, 1.165) is 5.56 Å². The fraction of sp³-hybridized carbons (Fsp3) is 0.125. The van der Waals surface area contributed by atoms with Crippen molar-refractivity contribution in [3.63, 3.8) is 0 Å². The zero-order chi connectivity index (χ0) is 15.1. The van der Waals surface area contributed by atoms with Crippen LogP contribution in [0.15, 0.2) is 59.5 Å². The van der Waals surface area contributed by atoms with Crippen LogP contribution in [0.3, 0.4) is 0 Å². The van der Waals surface area contributed by atoms with E-state index in [0.29, 0.717) is 11.4 Å². The monoisotopic (exact) mass is 300 g/mol. The highest BCUT2D eigenvalue weighted by molar-refractivity contribution is 8.00. The lowest BCUT2D eigenvalue weighted by atomic mass is 10.2. The van der Waals surface area contributed by atoms with E-state index < -0.39 is 5.97 Å². The topological polar surface area (TPSA) is 69.2 Å². The smallest absolute Gasteiger partial charge is 0.230 e. The van der Waals surface area contributed by atoms with E-state index in [-0.39, 0.29) is 17.2 Å². The minimum absolute atomic E-state index is 0.110. The second-order valence-electron chi connectivity index (χ2n) is 4.33. The predicted octanol–water partition coefficient (Wildman–Crippen LogP) is 1.46. The third-order valence-corrected chi connectivity index (χ3v) is 3.87.